The molecule has 2 saturated heterocycles. The molecule has 1 N–H and O–H groups in total. The summed E-state index contributed by atoms with van der Waals surface area (Å²) in [5.41, 5.74) is 0.434. The third-order valence-electron chi connectivity index (χ3n) is 4.51. The number of aliphatic hydroxyl groups excluding tert-OH is 1. The summed E-state index contributed by atoms with van der Waals surface area (Å²) in [5.74, 6) is 1.06. The van der Waals surface area contributed by atoms with Gasteiger partial charge in [-0.3, -0.25) is 0 Å². The van der Waals surface area contributed by atoms with E-state index >= 15 is 0 Å². The summed E-state index contributed by atoms with van der Waals surface area (Å²) in [6, 6.07) is 3.45. The van der Waals surface area contributed by atoms with Crippen molar-refractivity contribution in [3.63, 3.8) is 0 Å². The van der Waals surface area contributed by atoms with Gasteiger partial charge < -0.3 is 9.84 Å². The number of thioether (sulfide) groups is 1. The van der Waals surface area contributed by atoms with Crippen molar-refractivity contribution < 1.29 is 18.6 Å². The molecule has 2 nitrogen and oxygen atoms in total. The fraction of sp³-hybridized carbons (Fsp3) is 0.625. The van der Waals surface area contributed by atoms with E-state index in [2.05, 4.69) is 0 Å². The van der Waals surface area contributed by atoms with Crippen LogP contribution in [0.3, 0.4) is 0 Å². The molecule has 1 spiro atoms. The monoisotopic (exact) mass is 314 g/mol. The number of hydrogen-bond donors (Lipinski definition) is 1. The zero-order valence-corrected chi connectivity index (χ0v) is 12.7. The predicted octanol–water partition coefficient (Wildman–Crippen LogP) is 3.17. The highest BCUT2D eigenvalue weighted by Crippen LogP contribution is 2.41. The zero-order chi connectivity index (χ0) is 14.9. The van der Waals surface area contributed by atoms with Gasteiger partial charge >= 0.3 is 0 Å². The van der Waals surface area contributed by atoms with Crippen molar-refractivity contribution in [3.05, 3.63) is 35.4 Å². The second kappa shape index (κ2) is 6.23. The molecule has 1 aromatic carbocycles. The van der Waals surface area contributed by atoms with E-state index in [1.165, 1.54) is 12.1 Å². The maximum absolute atomic E-state index is 13.2. The van der Waals surface area contributed by atoms with Gasteiger partial charge in [-0.1, -0.05) is 0 Å². The highest BCUT2D eigenvalue weighted by molar-refractivity contribution is 7.99. The Kier molecular flexibility index (Phi) is 4.52. The molecule has 1 aromatic rings. The summed E-state index contributed by atoms with van der Waals surface area (Å²) in [5, 5.41) is 10.4. The first-order valence-electron chi connectivity index (χ1n) is 7.41. The van der Waals surface area contributed by atoms with Crippen LogP contribution in [-0.4, -0.2) is 34.9 Å². The molecule has 2 aliphatic heterocycles. The number of hydrogen-bond acceptors (Lipinski definition) is 3. The van der Waals surface area contributed by atoms with Crippen LogP contribution in [0.1, 0.15) is 24.8 Å². The van der Waals surface area contributed by atoms with Crippen LogP contribution in [0.2, 0.25) is 0 Å². The van der Waals surface area contributed by atoms with Crippen molar-refractivity contribution in [3.8, 4) is 0 Å². The predicted molar refractivity (Wildman–Crippen MR) is 79.4 cm³/mol. The van der Waals surface area contributed by atoms with Gasteiger partial charge in [0.2, 0.25) is 0 Å². The first-order chi connectivity index (χ1) is 10.1. The van der Waals surface area contributed by atoms with E-state index in [9.17, 15) is 13.9 Å². The molecular weight excluding hydrogens is 294 g/mol. The van der Waals surface area contributed by atoms with Gasteiger partial charge in [0.15, 0.2) is 0 Å². The Labute approximate surface area is 127 Å². The van der Waals surface area contributed by atoms with Crippen molar-refractivity contribution in [1.82, 2.24) is 0 Å². The lowest BCUT2D eigenvalue weighted by Crippen LogP contribution is -2.43. The van der Waals surface area contributed by atoms with Crippen molar-refractivity contribution in [1.29, 1.82) is 0 Å². The van der Waals surface area contributed by atoms with E-state index < -0.39 is 17.7 Å². The fourth-order valence-corrected chi connectivity index (χ4v) is 4.77. The second-order valence-corrected chi connectivity index (χ2v) is 7.24. The average molecular weight is 314 g/mol. The molecule has 3 unspecified atom stereocenters. The third kappa shape index (κ3) is 3.58. The van der Waals surface area contributed by atoms with Gasteiger partial charge in [-0.05, 0) is 55.1 Å². The van der Waals surface area contributed by atoms with Crippen LogP contribution >= 0.6 is 11.8 Å². The van der Waals surface area contributed by atoms with Crippen LogP contribution in [0, 0.1) is 17.6 Å². The van der Waals surface area contributed by atoms with E-state index in [-0.39, 0.29) is 11.5 Å². The van der Waals surface area contributed by atoms with Gasteiger partial charge in [0.1, 0.15) is 11.6 Å². The van der Waals surface area contributed by atoms with Gasteiger partial charge in [0.05, 0.1) is 11.7 Å². The van der Waals surface area contributed by atoms with Gasteiger partial charge in [-0.15, -0.1) is 0 Å². The SMILES string of the molecule is OC(Cc1cc(F)cc(F)c1)C1CCOC2(CCSC2)C1. The smallest absolute Gasteiger partial charge is 0.126 e. The van der Waals surface area contributed by atoms with Crippen LogP contribution in [0.15, 0.2) is 18.2 Å². The van der Waals surface area contributed by atoms with Crippen LogP contribution in [0.25, 0.3) is 0 Å². The molecule has 2 fully saturated rings. The molecule has 5 heteroatoms. The first kappa shape index (κ1) is 15.3. The van der Waals surface area contributed by atoms with E-state index in [1.807, 2.05) is 11.8 Å². The van der Waals surface area contributed by atoms with E-state index in [0.717, 1.165) is 36.8 Å². The molecule has 2 aliphatic rings. The summed E-state index contributed by atoms with van der Waals surface area (Å²) in [4.78, 5) is 0. The molecule has 0 amide bonds. The number of halogens is 2. The second-order valence-electron chi connectivity index (χ2n) is 6.14. The highest BCUT2D eigenvalue weighted by atomic mass is 32.2. The molecule has 3 atom stereocenters. The third-order valence-corrected chi connectivity index (χ3v) is 5.73. The van der Waals surface area contributed by atoms with Crippen LogP contribution in [-0.2, 0) is 11.2 Å². The van der Waals surface area contributed by atoms with Crippen LogP contribution in [0.4, 0.5) is 8.78 Å². The van der Waals surface area contributed by atoms with Crippen LogP contribution < -0.4 is 0 Å². The Bertz CT molecular complexity index is 483. The van der Waals surface area contributed by atoms with Gasteiger partial charge in [0.25, 0.3) is 0 Å². The lowest BCUT2D eigenvalue weighted by molar-refractivity contribution is -0.101. The lowest BCUT2D eigenvalue weighted by Gasteiger charge is -2.39. The minimum absolute atomic E-state index is 0.0816. The molecule has 0 aliphatic carbocycles. The number of rotatable bonds is 3. The summed E-state index contributed by atoms with van der Waals surface area (Å²) >= 11 is 1.90. The average Bonchev–Trinajstić information content (AvgIpc) is 2.85. The largest absolute Gasteiger partial charge is 0.392 e. The zero-order valence-electron chi connectivity index (χ0n) is 11.9. The molecule has 116 valence electrons. The Morgan fingerprint density at radius 2 is 2.10 bits per heavy atom. The minimum Gasteiger partial charge on any atom is -0.392 e. The number of aliphatic hydroxyl groups is 1. The molecule has 0 saturated carbocycles. The topological polar surface area (TPSA) is 29.5 Å². The quantitative estimate of drug-likeness (QED) is 0.929. The van der Waals surface area contributed by atoms with Gasteiger partial charge in [-0.25, -0.2) is 8.78 Å². The highest BCUT2D eigenvalue weighted by Gasteiger charge is 2.42. The Balaban J connectivity index is 1.65. The minimum atomic E-state index is -0.590. The van der Waals surface area contributed by atoms with Crippen molar-refractivity contribution >= 4 is 11.8 Å². The van der Waals surface area contributed by atoms with E-state index in [1.54, 1.807) is 0 Å². The molecular formula is C16H20F2O2S. The Morgan fingerprint density at radius 1 is 1.33 bits per heavy atom. The van der Waals surface area contributed by atoms with Crippen molar-refractivity contribution in [2.45, 2.75) is 37.4 Å². The van der Waals surface area contributed by atoms with E-state index in [0.29, 0.717) is 18.6 Å². The molecule has 2 heterocycles. The molecule has 0 bridgehead atoms. The normalized spacial score (nSPS) is 30.7. The molecule has 3 rings (SSSR count). The summed E-state index contributed by atoms with van der Waals surface area (Å²) < 4.78 is 32.4. The van der Waals surface area contributed by atoms with E-state index in [4.69, 9.17) is 4.74 Å². The van der Waals surface area contributed by atoms with Crippen LogP contribution in [0.5, 0.6) is 0 Å². The summed E-state index contributed by atoms with van der Waals surface area (Å²) in [7, 11) is 0. The fourth-order valence-electron chi connectivity index (χ4n) is 3.39. The van der Waals surface area contributed by atoms with Crippen molar-refractivity contribution in [2.75, 3.05) is 18.1 Å². The summed E-state index contributed by atoms with van der Waals surface area (Å²) in [6.07, 6.45) is 2.42. The molecule has 21 heavy (non-hydrogen) atoms. The maximum atomic E-state index is 13.2. The number of benzene rings is 1. The Hall–Kier alpha value is -0.650. The van der Waals surface area contributed by atoms with Gasteiger partial charge in [-0.2, -0.15) is 11.8 Å². The maximum Gasteiger partial charge on any atom is 0.126 e. The molecule has 0 radical (unpaired) electrons. The Morgan fingerprint density at radius 3 is 2.76 bits per heavy atom. The summed E-state index contributed by atoms with van der Waals surface area (Å²) in [6.45, 7) is 0.666. The lowest BCUT2D eigenvalue weighted by atomic mass is 9.81. The standard InChI is InChI=1S/C16H20F2O2S/c17-13-5-11(6-14(18)8-13)7-15(19)12-1-3-20-16(9-12)2-4-21-10-16/h5-6,8,12,15,19H,1-4,7,9-10H2. The molecule has 0 aromatic heterocycles. The van der Waals surface area contributed by atoms with Gasteiger partial charge in [0, 0.05) is 18.4 Å². The van der Waals surface area contributed by atoms with Crippen molar-refractivity contribution in [2.24, 2.45) is 5.92 Å². The first-order valence-corrected chi connectivity index (χ1v) is 8.57. The number of ether oxygens (including phenoxy) is 1.